The van der Waals surface area contributed by atoms with Crippen molar-refractivity contribution in [1.29, 1.82) is 0 Å². The number of rotatable bonds is 13. The first-order valence-electron chi connectivity index (χ1n) is 15.8. The third-order valence-corrected chi connectivity index (χ3v) is 9.09. The fourth-order valence-electron chi connectivity index (χ4n) is 5.53. The molecular weight excluding hydrogens is 747 g/mol. The van der Waals surface area contributed by atoms with Crippen LogP contribution in [0, 0.1) is 0 Å². The number of benzene rings is 2. The van der Waals surface area contributed by atoms with Crippen molar-refractivity contribution in [2.45, 2.75) is 61.1 Å². The van der Waals surface area contributed by atoms with Gasteiger partial charge >= 0.3 is 5.97 Å². The number of aromatic nitrogens is 4. The van der Waals surface area contributed by atoms with Crippen molar-refractivity contribution in [3.63, 3.8) is 0 Å². The minimum atomic E-state index is -1.74. The number of methoxy groups -OCH3 is 1. The molecule has 2 aromatic heterocycles. The van der Waals surface area contributed by atoms with Gasteiger partial charge in [0.25, 0.3) is 5.24 Å². The van der Waals surface area contributed by atoms with Crippen molar-refractivity contribution in [1.82, 2.24) is 24.8 Å². The predicted octanol–water partition coefficient (Wildman–Crippen LogP) is 5.80. The number of hydrogen-bond donors (Lipinski definition) is 2. The first-order valence-corrected chi connectivity index (χ1v) is 17.9. The molecule has 14 nitrogen and oxygen atoms in total. The lowest BCUT2D eigenvalue weighted by atomic mass is 10.1. The van der Waals surface area contributed by atoms with Crippen LogP contribution in [0.15, 0.2) is 61.2 Å². The van der Waals surface area contributed by atoms with Gasteiger partial charge in [0.1, 0.15) is 49.8 Å². The Morgan fingerprint density at radius 2 is 1.69 bits per heavy atom. The van der Waals surface area contributed by atoms with E-state index in [1.807, 2.05) is 62.4 Å². The Morgan fingerprint density at radius 1 is 0.980 bits per heavy atom. The van der Waals surface area contributed by atoms with E-state index < -0.39 is 51.9 Å². The maximum Gasteiger partial charge on any atom is 0.325 e. The van der Waals surface area contributed by atoms with Gasteiger partial charge in [-0.2, -0.15) is 0 Å². The molecule has 18 heteroatoms. The summed E-state index contributed by atoms with van der Waals surface area (Å²) in [6, 6.07) is 15.5. The number of amides is 1. The van der Waals surface area contributed by atoms with E-state index in [9.17, 15) is 9.59 Å². The summed E-state index contributed by atoms with van der Waals surface area (Å²) >= 11 is 17.7. The Bertz CT molecular complexity index is 1830. The second-order valence-electron chi connectivity index (χ2n) is 12.0. The SMILES string of the molecule is COc1ccc(COc2ccc(CNc3ncnc4c3ncn4[C@@H]3O[C@H](CSC(=O)NCC(=O)OCC(Cl)(Cl)Cl)C4OC(C)(C)OC43)cc2)cc1. The van der Waals surface area contributed by atoms with Gasteiger partial charge in [0, 0.05) is 12.3 Å². The van der Waals surface area contributed by atoms with E-state index in [0.29, 0.717) is 30.1 Å². The van der Waals surface area contributed by atoms with Gasteiger partial charge in [0.15, 0.2) is 29.0 Å². The molecule has 0 spiro atoms. The average molecular weight is 782 g/mol. The van der Waals surface area contributed by atoms with Gasteiger partial charge in [-0.25, -0.2) is 15.0 Å². The molecule has 4 aromatic rings. The molecule has 272 valence electrons. The quantitative estimate of drug-likeness (QED) is 0.124. The zero-order valence-electron chi connectivity index (χ0n) is 27.7. The number of fused-ring (bicyclic) bond motifs is 2. The number of esters is 1. The predicted molar refractivity (Wildman–Crippen MR) is 191 cm³/mol. The van der Waals surface area contributed by atoms with Crippen LogP contribution in [0.2, 0.25) is 0 Å². The number of hydrogen-bond acceptors (Lipinski definition) is 13. The number of nitrogens with one attached hydrogen (secondary N) is 2. The summed E-state index contributed by atoms with van der Waals surface area (Å²) in [5.74, 6) is 0.690. The van der Waals surface area contributed by atoms with Crippen LogP contribution in [0.25, 0.3) is 11.2 Å². The van der Waals surface area contributed by atoms with Gasteiger partial charge in [-0.15, -0.1) is 0 Å². The normalized spacial score (nSPS) is 20.9. The van der Waals surface area contributed by atoms with Gasteiger partial charge in [-0.3, -0.25) is 14.2 Å². The van der Waals surface area contributed by atoms with Gasteiger partial charge in [-0.05, 0) is 49.2 Å². The Morgan fingerprint density at radius 3 is 2.41 bits per heavy atom. The van der Waals surface area contributed by atoms with Crippen molar-refractivity contribution in [3.05, 3.63) is 72.3 Å². The molecule has 2 aromatic carbocycles. The Labute approximate surface area is 312 Å². The van der Waals surface area contributed by atoms with Crippen LogP contribution in [0.1, 0.15) is 31.2 Å². The number of thioether (sulfide) groups is 1. The fraction of sp³-hybridized carbons (Fsp3) is 0.424. The van der Waals surface area contributed by atoms with Crippen molar-refractivity contribution < 1.29 is 38.0 Å². The third-order valence-electron chi connectivity index (χ3n) is 7.86. The topological polar surface area (TPSA) is 157 Å². The number of alkyl halides is 3. The minimum absolute atomic E-state index is 0.214. The molecule has 2 saturated heterocycles. The van der Waals surface area contributed by atoms with Crippen LogP contribution in [0.3, 0.4) is 0 Å². The highest BCUT2D eigenvalue weighted by molar-refractivity contribution is 8.13. The largest absolute Gasteiger partial charge is 0.497 e. The summed E-state index contributed by atoms with van der Waals surface area (Å²) in [5.41, 5.74) is 3.14. The van der Waals surface area contributed by atoms with Crippen LogP contribution < -0.4 is 20.1 Å². The summed E-state index contributed by atoms with van der Waals surface area (Å²) in [6.07, 6.45) is 0.895. The Hall–Kier alpha value is -3.57. The second-order valence-corrected chi connectivity index (χ2v) is 15.5. The van der Waals surface area contributed by atoms with E-state index in [4.69, 9.17) is 63.2 Å². The Kier molecular flexibility index (Phi) is 11.7. The lowest BCUT2D eigenvalue weighted by Gasteiger charge is -2.24. The molecule has 0 radical (unpaired) electrons. The highest BCUT2D eigenvalue weighted by Crippen LogP contribution is 2.44. The molecular formula is C33H35Cl3N6O8S. The molecule has 2 aliphatic heterocycles. The van der Waals surface area contributed by atoms with E-state index in [2.05, 4.69) is 25.6 Å². The molecule has 2 N–H and O–H groups in total. The molecule has 2 fully saturated rings. The Balaban J connectivity index is 1.06. The molecule has 4 atom stereocenters. The van der Waals surface area contributed by atoms with Crippen LogP contribution >= 0.6 is 46.6 Å². The van der Waals surface area contributed by atoms with Gasteiger partial charge in [-0.1, -0.05) is 70.8 Å². The molecule has 0 aliphatic carbocycles. The van der Waals surface area contributed by atoms with Crippen LogP contribution in [0.4, 0.5) is 10.6 Å². The first kappa shape index (κ1) is 37.2. The number of anilines is 1. The van der Waals surface area contributed by atoms with Crippen LogP contribution in [0.5, 0.6) is 11.5 Å². The highest BCUT2D eigenvalue weighted by atomic mass is 35.6. The zero-order chi connectivity index (χ0) is 36.2. The number of halogens is 3. The maximum absolute atomic E-state index is 12.5. The zero-order valence-corrected chi connectivity index (χ0v) is 30.8. The summed E-state index contributed by atoms with van der Waals surface area (Å²) in [7, 11) is 1.64. The van der Waals surface area contributed by atoms with Crippen molar-refractivity contribution in [2.24, 2.45) is 0 Å². The molecule has 6 rings (SSSR count). The number of imidazole rings is 1. The molecule has 2 aliphatic rings. The first-order chi connectivity index (χ1) is 24.4. The van der Waals surface area contributed by atoms with E-state index in [0.717, 1.165) is 34.4 Å². The molecule has 2 unspecified atom stereocenters. The fourth-order valence-corrected chi connectivity index (χ4v) is 6.45. The summed E-state index contributed by atoms with van der Waals surface area (Å²) < 4.78 is 34.9. The van der Waals surface area contributed by atoms with Crippen LogP contribution in [-0.4, -0.2) is 84.6 Å². The third kappa shape index (κ3) is 9.66. The minimum Gasteiger partial charge on any atom is -0.497 e. The lowest BCUT2D eigenvalue weighted by Crippen LogP contribution is -2.33. The van der Waals surface area contributed by atoms with Gasteiger partial charge in [0.2, 0.25) is 3.79 Å². The lowest BCUT2D eigenvalue weighted by molar-refractivity contribution is -0.193. The van der Waals surface area contributed by atoms with E-state index >= 15 is 0 Å². The van der Waals surface area contributed by atoms with E-state index in [1.54, 1.807) is 18.0 Å². The number of carbonyl (C=O) groups is 2. The average Bonchev–Trinajstić information content (AvgIpc) is 3.78. The smallest absolute Gasteiger partial charge is 0.325 e. The summed E-state index contributed by atoms with van der Waals surface area (Å²) in [5, 5.41) is 5.37. The van der Waals surface area contributed by atoms with E-state index in [-0.39, 0.29) is 12.3 Å². The molecule has 1 amide bonds. The summed E-state index contributed by atoms with van der Waals surface area (Å²) in [4.78, 5) is 37.9. The summed E-state index contributed by atoms with van der Waals surface area (Å²) in [6.45, 7) is 3.74. The van der Waals surface area contributed by atoms with Gasteiger partial charge in [0.05, 0.1) is 19.5 Å². The van der Waals surface area contributed by atoms with E-state index in [1.165, 1.54) is 6.33 Å². The van der Waals surface area contributed by atoms with Crippen LogP contribution in [-0.2, 0) is 36.9 Å². The number of carbonyl (C=O) groups excluding carboxylic acids is 2. The molecule has 4 heterocycles. The standard InChI is InChI=1S/C33H35Cl3N6O8S/c1-32(2)49-26-23(15-51-31(44)38-13-24(43)47-16-33(34,35)36)48-30(27(26)50-32)42-18-41-25-28(39-17-40-29(25)42)37-12-19-4-10-22(11-5-19)46-14-20-6-8-21(45-3)9-7-20/h4-11,17-18,23,26-27,30H,12-16H2,1-3H3,(H,38,44)(H,37,39,40)/t23-,26?,27?,30-/m1/s1. The van der Waals surface area contributed by atoms with Gasteiger partial charge < -0.3 is 39.1 Å². The molecule has 0 saturated carbocycles. The second kappa shape index (κ2) is 16.0. The monoisotopic (exact) mass is 780 g/mol. The highest BCUT2D eigenvalue weighted by Gasteiger charge is 2.56. The van der Waals surface area contributed by atoms with Crippen molar-refractivity contribution in [3.8, 4) is 11.5 Å². The van der Waals surface area contributed by atoms with Crippen molar-refractivity contribution in [2.75, 3.05) is 31.3 Å². The molecule has 0 bridgehead atoms. The number of ether oxygens (including phenoxy) is 6. The number of nitrogens with zero attached hydrogens (tertiary/aromatic N) is 4. The molecule has 51 heavy (non-hydrogen) atoms. The van der Waals surface area contributed by atoms with Crippen molar-refractivity contribution >= 4 is 74.8 Å². The maximum atomic E-state index is 12.5.